The Labute approximate surface area is 180 Å². The van der Waals surface area contributed by atoms with Gasteiger partial charge >= 0.3 is 5.97 Å². The van der Waals surface area contributed by atoms with Crippen molar-refractivity contribution in [3.8, 4) is 0 Å². The molecule has 166 valence electrons. The Bertz CT molecular complexity index is 894. The monoisotopic (exact) mass is 432 g/mol. The van der Waals surface area contributed by atoms with Crippen molar-refractivity contribution in [2.75, 3.05) is 21.1 Å². The van der Waals surface area contributed by atoms with Crippen molar-refractivity contribution in [1.29, 1.82) is 0 Å². The molecule has 0 radical (unpaired) electrons. The Morgan fingerprint density at radius 2 is 1.52 bits per heavy atom. The summed E-state index contributed by atoms with van der Waals surface area (Å²) in [5, 5.41) is 11.5. The van der Waals surface area contributed by atoms with E-state index < -0.39 is 29.3 Å². The SMILES string of the molecule is C[N+](C)(C)C1C[C@H](OC(=O)C(O)(c2ccc(F)cc2)c2ccc(F)cc2)CC[C@H]2OC12. The van der Waals surface area contributed by atoms with E-state index in [-0.39, 0.29) is 29.4 Å². The van der Waals surface area contributed by atoms with Gasteiger partial charge in [0.2, 0.25) is 5.60 Å². The summed E-state index contributed by atoms with van der Waals surface area (Å²) in [6.07, 6.45) is 1.96. The van der Waals surface area contributed by atoms with Gasteiger partial charge in [0.15, 0.2) is 0 Å². The van der Waals surface area contributed by atoms with Crippen LogP contribution in [0.4, 0.5) is 8.78 Å². The summed E-state index contributed by atoms with van der Waals surface area (Å²) >= 11 is 0. The van der Waals surface area contributed by atoms with Gasteiger partial charge < -0.3 is 19.1 Å². The van der Waals surface area contributed by atoms with Gasteiger partial charge in [0.05, 0.1) is 27.2 Å². The van der Waals surface area contributed by atoms with E-state index >= 15 is 0 Å². The lowest BCUT2D eigenvalue weighted by atomic mass is 9.86. The molecule has 7 heteroatoms. The van der Waals surface area contributed by atoms with Gasteiger partial charge in [-0.1, -0.05) is 24.3 Å². The molecule has 2 unspecified atom stereocenters. The molecule has 0 amide bonds. The normalized spacial score (nSPS) is 26.0. The summed E-state index contributed by atoms with van der Waals surface area (Å²) in [7, 11) is 6.25. The number of quaternary nitrogens is 1. The molecule has 1 aliphatic heterocycles. The number of benzene rings is 2. The van der Waals surface area contributed by atoms with E-state index in [2.05, 4.69) is 21.1 Å². The number of rotatable bonds is 5. The van der Waals surface area contributed by atoms with Crippen molar-refractivity contribution in [3.05, 3.63) is 71.3 Å². The van der Waals surface area contributed by atoms with Crippen LogP contribution in [0, 0.1) is 11.6 Å². The van der Waals surface area contributed by atoms with Gasteiger partial charge in [0.25, 0.3) is 0 Å². The highest BCUT2D eigenvalue weighted by molar-refractivity contribution is 5.85. The summed E-state index contributed by atoms with van der Waals surface area (Å²) in [6, 6.07) is 10.2. The summed E-state index contributed by atoms with van der Waals surface area (Å²) in [5.41, 5.74) is -1.86. The average molecular weight is 432 g/mol. The fraction of sp³-hybridized carbons (Fsp3) is 0.458. The van der Waals surface area contributed by atoms with Crippen molar-refractivity contribution < 1.29 is 32.6 Å². The fourth-order valence-corrected chi connectivity index (χ4v) is 4.48. The van der Waals surface area contributed by atoms with Crippen LogP contribution in [0.5, 0.6) is 0 Å². The first-order valence-corrected chi connectivity index (χ1v) is 10.5. The minimum Gasteiger partial charge on any atom is -0.459 e. The lowest BCUT2D eigenvalue weighted by molar-refractivity contribution is -0.897. The molecule has 1 saturated carbocycles. The zero-order valence-corrected chi connectivity index (χ0v) is 17.9. The van der Waals surface area contributed by atoms with Crippen LogP contribution in [0.1, 0.15) is 30.4 Å². The third kappa shape index (κ3) is 4.35. The van der Waals surface area contributed by atoms with Crippen molar-refractivity contribution >= 4 is 5.97 Å². The van der Waals surface area contributed by atoms with Crippen LogP contribution in [-0.4, -0.2) is 61.1 Å². The first-order valence-electron chi connectivity index (χ1n) is 10.5. The number of epoxide rings is 1. The van der Waals surface area contributed by atoms with Crippen molar-refractivity contribution in [2.24, 2.45) is 0 Å². The second-order valence-corrected chi connectivity index (χ2v) is 9.39. The zero-order chi connectivity index (χ0) is 22.4. The largest absolute Gasteiger partial charge is 0.459 e. The number of carbonyl (C=O) groups is 1. The third-order valence-electron chi connectivity index (χ3n) is 6.37. The van der Waals surface area contributed by atoms with E-state index in [1.807, 2.05) is 0 Å². The molecule has 0 aromatic heterocycles. The lowest BCUT2D eigenvalue weighted by Crippen LogP contribution is -2.50. The van der Waals surface area contributed by atoms with Gasteiger partial charge in [0.1, 0.15) is 29.9 Å². The average Bonchev–Trinajstić information content (AvgIpc) is 3.49. The summed E-state index contributed by atoms with van der Waals surface area (Å²) in [4.78, 5) is 13.4. The quantitative estimate of drug-likeness (QED) is 0.448. The lowest BCUT2D eigenvalue weighted by Gasteiger charge is -2.35. The summed E-state index contributed by atoms with van der Waals surface area (Å²) < 4.78 is 39.3. The molecule has 2 aliphatic rings. The van der Waals surface area contributed by atoms with Crippen molar-refractivity contribution in [3.63, 3.8) is 0 Å². The predicted octanol–water partition coefficient (Wildman–Crippen LogP) is 3.14. The molecule has 2 fully saturated rings. The van der Waals surface area contributed by atoms with Gasteiger partial charge in [0, 0.05) is 6.42 Å². The standard InChI is InChI=1S/C24H28F2NO4/c1-27(2,3)20-14-19(12-13-21-22(20)31-21)30-23(28)24(29,15-4-8-17(25)9-5-15)16-6-10-18(26)11-7-16/h4-11,19-22,29H,12-14H2,1-3H3/q+1/t19-,20?,21-,22?/m1/s1. The fourth-order valence-electron chi connectivity index (χ4n) is 4.48. The first-order chi connectivity index (χ1) is 14.6. The Hall–Kier alpha value is -2.35. The summed E-state index contributed by atoms with van der Waals surface area (Å²) in [6.45, 7) is 0. The van der Waals surface area contributed by atoms with Crippen LogP contribution in [0.25, 0.3) is 0 Å². The molecule has 1 heterocycles. The smallest absolute Gasteiger partial charge is 0.347 e. The Morgan fingerprint density at radius 1 is 1.00 bits per heavy atom. The molecule has 1 aliphatic carbocycles. The number of likely N-dealkylation sites (N-methyl/N-ethyl adjacent to an activating group) is 1. The van der Waals surface area contributed by atoms with E-state index in [1.54, 1.807) is 0 Å². The second kappa shape index (κ2) is 7.97. The highest BCUT2D eigenvalue weighted by Crippen LogP contribution is 2.40. The molecule has 0 spiro atoms. The topological polar surface area (TPSA) is 59.1 Å². The number of hydrogen-bond donors (Lipinski definition) is 1. The van der Waals surface area contributed by atoms with E-state index in [9.17, 15) is 18.7 Å². The first kappa shape index (κ1) is 21.9. The molecule has 4 rings (SSSR count). The van der Waals surface area contributed by atoms with E-state index in [4.69, 9.17) is 9.47 Å². The van der Waals surface area contributed by atoms with Gasteiger partial charge in [-0.2, -0.15) is 0 Å². The Balaban J connectivity index is 1.63. The molecule has 5 nitrogen and oxygen atoms in total. The number of esters is 1. The molecule has 4 atom stereocenters. The highest BCUT2D eigenvalue weighted by Gasteiger charge is 2.54. The molecule has 2 aromatic rings. The van der Waals surface area contributed by atoms with E-state index in [1.165, 1.54) is 48.5 Å². The van der Waals surface area contributed by atoms with Crippen LogP contribution in [0.2, 0.25) is 0 Å². The van der Waals surface area contributed by atoms with Crippen molar-refractivity contribution in [1.82, 2.24) is 0 Å². The maximum atomic E-state index is 13.5. The minimum absolute atomic E-state index is 0.150. The number of nitrogens with zero attached hydrogens (tertiary/aromatic N) is 1. The van der Waals surface area contributed by atoms with E-state index in [0.717, 1.165) is 6.42 Å². The van der Waals surface area contributed by atoms with Crippen LogP contribution in [0.3, 0.4) is 0 Å². The maximum absolute atomic E-state index is 13.5. The molecule has 0 bridgehead atoms. The molecule has 1 N–H and O–H groups in total. The van der Waals surface area contributed by atoms with Gasteiger partial charge in [-0.05, 0) is 48.2 Å². The second-order valence-electron chi connectivity index (χ2n) is 9.39. The molecule has 31 heavy (non-hydrogen) atoms. The van der Waals surface area contributed by atoms with Crippen LogP contribution >= 0.6 is 0 Å². The van der Waals surface area contributed by atoms with Crippen LogP contribution < -0.4 is 0 Å². The van der Waals surface area contributed by atoms with Gasteiger partial charge in [-0.3, -0.25) is 0 Å². The van der Waals surface area contributed by atoms with Crippen LogP contribution in [0.15, 0.2) is 48.5 Å². The number of aliphatic hydroxyl groups is 1. The van der Waals surface area contributed by atoms with Gasteiger partial charge in [-0.15, -0.1) is 0 Å². The number of ether oxygens (including phenoxy) is 2. The van der Waals surface area contributed by atoms with E-state index in [0.29, 0.717) is 17.3 Å². The molecular weight excluding hydrogens is 404 g/mol. The molecule has 2 aromatic carbocycles. The number of hydrogen-bond acceptors (Lipinski definition) is 4. The highest BCUT2D eigenvalue weighted by atomic mass is 19.1. The number of carbonyl (C=O) groups excluding carboxylic acids is 1. The molecule has 1 saturated heterocycles. The Kier molecular flexibility index (Phi) is 5.62. The van der Waals surface area contributed by atoms with Crippen molar-refractivity contribution in [2.45, 2.75) is 49.2 Å². The Morgan fingerprint density at radius 3 is 2.00 bits per heavy atom. The molecular formula is C24H28F2NO4+. The minimum atomic E-state index is -2.18. The number of fused-ring (bicyclic) bond motifs is 1. The zero-order valence-electron chi connectivity index (χ0n) is 17.9. The third-order valence-corrected chi connectivity index (χ3v) is 6.37. The van der Waals surface area contributed by atoms with Crippen LogP contribution in [-0.2, 0) is 19.9 Å². The number of halogens is 2. The predicted molar refractivity (Wildman–Crippen MR) is 110 cm³/mol. The maximum Gasteiger partial charge on any atom is 0.347 e. The van der Waals surface area contributed by atoms with Gasteiger partial charge in [-0.25, -0.2) is 13.6 Å². The summed E-state index contributed by atoms with van der Waals surface area (Å²) in [5.74, 6) is -1.84.